The summed E-state index contributed by atoms with van der Waals surface area (Å²) in [6.07, 6.45) is 0.356. The van der Waals surface area contributed by atoms with Gasteiger partial charge in [0.25, 0.3) is 0 Å². The molecule has 0 spiro atoms. The van der Waals surface area contributed by atoms with Gasteiger partial charge in [0.2, 0.25) is 0 Å². The van der Waals surface area contributed by atoms with Gasteiger partial charge in [0.05, 0.1) is 0 Å². The smallest absolute Gasteiger partial charge is 0.162 e. The molecule has 0 radical (unpaired) electrons. The monoisotopic (exact) mass is 314 g/mol. The molecule has 2 N–H and O–H groups in total. The molecule has 1 aromatic rings. The number of aliphatic hydroxyl groups is 1. The van der Waals surface area contributed by atoms with Crippen molar-refractivity contribution in [1.29, 1.82) is 0 Å². The maximum absolute atomic E-state index is 13.0. The van der Waals surface area contributed by atoms with Crippen molar-refractivity contribution in [3.8, 4) is 5.75 Å². The second-order valence-electron chi connectivity index (χ2n) is 6.08. The molecule has 0 saturated carbocycles. The lowest BCUT2D eigenvalue weighted by Crippen LogP contribution is -2.49. The molecule has 22 heavy (non-hydrogen) atoms. The molecule has 6 heteroatoms. The molecule has 1 saturated heterocycles. The van der Waals surface area contributed by atoms with E-state index in [1.54, 1.807) is 0 Å². The van der Waals surface area contributed by atoms with Gasteiger partial charge >= 0.3 is 0 Å². The molecule has 1 fully saturated rings. The van der Waals surface area contributed by atoms with Gasteiger partial charge in [-0.05, 0) is 38.1 Å². The number of nitrogens with zero attached hydrogens (tertiary/aromatic N) is 1. The van der Waals surface area contributed by atoms with E-state index in [9.17, 15) is 13.9 Å². The summed E-state index contributed by atoms with van der Waals surface area (Å²) in [5.41, 5.74) is 0. The van der Waals surface area contributed by atoms with Crippen LogP contribution < -0.4 is 10.1 Å². The third-order valence-corrected chi connectivity index (χ3v) is 4.06. The van der Waals surface area contributed by atoms with E-state index in [-0.39, 0.29) is 12.4 Å². The van der Waals surface area contributed by atoms with Crippen molar-refractivity contribution in [1.82, 2.24) is 10.2 Å². The van der Waals surface area contributed by atoms with E-state index in [4.69, 9.17) is 4.74 Å². The largest absolute Gasteiger partial charge is 0.491 e. The molecule has 1 aliphatic rings. The highest BCUT2D eigenvalue weighted by atomic mass is 19.2. The molecule has 0 aromatic heterocycles. The molecular weight excluding hydrogens is 290 g/mol. The fourth-order valence-corrected chi connectivity index (χ4v) is 2.76. The number of likely N-dealkylation sites (tertiary alicyclic amines) is 1. The van der Waals surface area contributed by atoms with Crippen molar-refractivity contribution in [2.75, 3.05) is 33.3 Å². The molecule has 3 unspecified atom stereocenters. The molecule has 124 valence electrons. The van der Waals surface area contributed by atoms with Crippen LogP contribution in [0.5, 0.6) is 5.75 Å². The zero-order valence-electron chi connectivity index (χ0n) is 13.1. The van der Waals surface area contributed by atoms with Crippen LogP contribution in [-0.2, 0) is 0 Å². The topological polar surface area (TPSA) is 44.7 Å². The lowest BCUT2D eigenvalue weighted by Gasteiger charge is -2.35. The third kappa shape index (κ3) is 4.90. The van der Waals surface area contributed by atoms with Crippen LogP contribution in [0, 0.1) is 17.6 Å². The van der Waals surface area contributed by atoms with Gasteiger partial charge in [-0.25, -0.2) is 8.78 Å². The van der Waals surface area contributed by atoms with Crippen LogP contribution in [0.1, 0.15) is 13.3 Å². The van der Waals surface area contributed by atoms with Gasteiger partial charge in [-0.15, -0.1) is 0 Å². The standard InChI is InChI=1S/C16H24F2N2O2/c1-11-9-20(2)6-5-16(11)19-8-12(21)10-22-13-3-4-14(17)15(18)7-13/h3-4,7,11-12,16,19,21H,5-6,8-10H2,1-2H3. The number of hydrogen-bond donors (Lipinski definition) is 2. The van der Waals surface area contributed by atoms with Gasteiger partial charge in [-0.1, -0.05) is 6.92 Å². The summed E-state index contributed by atoms with van der Waals surface area (Å²) in [5.74, 6) is -1.13. The van der Waals surface area contributed by atoms with Gasteiger partial charge in [-0.3, -0.25) is 0 Å². The van der Waals surface area contributed by atoms with E-state index in [0.29, 0.717) is 18.5 Å². The van der Waals surface area contributed by atoms with Crippen LogP contribution in [0.25, 0.3) is 0 Å². The Morgan fingerprint density at radius 2 is 2.18 bits per heavy atom. The normalized spacial score (nSPS) is 24.2. The Hall–Kier alpha value is -1.24. The zero-order valence-corrected chi connectivity index (χ0v) is 13.1. The van der Waals surface area contributed by atoms with Gasteiger partial charge in [0.1, 0.15) is 18.5 Å². The highest BCUT2D eigenvalue weighted by molar-refractivity contribution is 5.23. The average molecular weight is 314 g/mol. The lowest BCUT2D eigenvalue weighted by atomic mass is 9.94. The predicted octanol–water partition coefficient (Wildman–Crippen LogP) is 1.63. The van der Waals surface area contributed by atoms with Gasteiger partial charge < -0.3 is 20.1 Å². The van der Waals surface area contributed by atoms with Crippen molar-refractivity contribution in [3.63, 3.8) is 0 Å². The molecule has 0 aliphatic carbocycles. The maximum Gasteiger partial charge on any atom is 0.162 e. The van der Waals surface area contributed by atoms with Crippen molar-refractivity contribution < 1.29 is 18.6 Å². The van der Waals surface area contributed by atoms with Crippen molar-refractivity contribution in [3.05, 3.63) is 29.8 Å². The molecule has 1 aliphatic heterocycles. The Kier molecular flexibility index (Phi) is 6.11. The number of hydrogen-bond acceptors (Lipinski definition) is 4. The first kappa shape index (κ1) is 17.1. The Morgan fingerprint density at radius 1 is 1.41 bits per heavy atom. The Morgan fingerprint density at radius 3 is 2.86 bits per heavy atom. The van der Waals surface area contributed by atoms with Crippen molar-refractivity contribution in [2.45, 2.75) is 25.5 Å². The lowest BCUT2D eigenvalue weighted by molar-refractivity contribution is 0.0931. The number of rotatable bonds is 6. The number of nitrogens with one attached hydrogen (secondary N) is 1. The SMILES string of the molecule is CC1CN(C)CCC1NCC(O)COc1ccc(F)c(F)c1. The highest BCUT2D eigenvalue weighted by Crippen LogP contribution is 2.16. The fourth-order valence-electron chi connectivity index (χ4n) is 2.76. The molecule has 1 aromatic carbocycles. The third-order valence-electron chi connectivity index (χ3n) is 4.06. The molecule has 4 nitrogen and oxygen atoms in total. The summed E-state index contributed by atoms with van der Waals surface area (Å²) < 4.78 is 31.1. The van der Waals surface area contributed by atoms with E-state index in [1.807, 2.05) is 0 Å². The minimum Gasteiger partial charge on any atom is -0.491 e. The number of piperidine rings is 1. The number of ether oxygens (including phenoxy) is 1. The molecule has 2 rings (SSSR count). The Balaban J connectivity index is 1.71. The Labute approximate surface area is 130 Å². The molecule has 0 bridgehead atoms. The van der Waals surface area contributed by atoms with Crippen LogP contribution >= 0.6 is 0 Å². The minimum absolute atomic E-state index is 0.0408. The van der Waals surface area contributed by atoms with Crippen LogP contribution in [-0.4, -0.2) is 55.4 Å². The van der Waals surface area contributed by atoms with Gasteiger partial charge in [0, 0.05) is 25.2 Å². The molecule has 0 amide bonds. The second kappa shape index (κ2) is 7.85. The predicted molar refractivity (Wildman–Crippen MR) is 80.9 cm³/mol. The maximum atomic E-state index is 13.0. The number of benzene rings is 1. The fraction of sp³-hybridized carbons (Fsp3) is 0.625. The average Bonchev–Trinajstić information content (AvgIpc) is 2.47. The van der Waals surface area contributed by atoms with Crippen LogP contribution in [0.15, 0.2) is 18.2 Å². The zero-order chi connectivity index (χ0) is 16.1. The van der Waals surface area contributed by atoms with Gasteiger partial charge in [-0.2, -0.15) is 0 Å². The summed E-state index contributed by atoms with van der Waals surface area (Å²) in [7, 11) is 2.11. The van der Waals surface area contributed by atoms with Crippen LogP contribution in [0.4, 0.5) is 8.78 Å². The first-order valence-corrected chi connectivity index (χ1v) is 7.63. The second-order valence-corrected chi connectivity index (χ2v) is 6.08. The summed E-state index contributed by atoms with van der Waals surface area (Å²) in [4.78, 5) is 2.30. The first-order valence-electron chi connectivity index (χ1n) is 7.63. The summed E-state index contributed by atoms with van der Waals surface area (Å²) in [5, 5.41) is 13.3. The Bertz CT molecular complexity index is 487. The highest BCUT2D eigenvalue weighted by Gasteiger charge is 2.24. The first-order chi connectivity index (χ1) is 10.5. The minimum atomic E-state index is -0.953. The molecule has 3 atom stereocenters. The summed E-state index contributed by atoms with van der Waals surface area (Å²) >= 11 is 0. The van der Waals surface area contributed by atoms with Crippen LogP contribution in [0.3, 0.4) is 0 Å². The van der Waals surface area contributed by atoms with E-state index in [2.05, 4.69) is 24.2 Å². The van der Waals surface area contributed by atoms with Gasteiger partial charge in [0.15, 0.2) is 11.6 Å². The van der Waals surface area contributed by atoms with E-state index in [1.165, 1.54) is 6.07 Å². The number of halogens is 2. The van der Waals surface area contributed by atoms with E-state index >= 15 is 0 Å². The quantitative estimate of drug-likeness (QED) is 0.838. The van der Waals surface area contributed by atoms with Crippen LogP contribution in [0.2, 0.25) is 0 Å². The van der Waals surface area contributed by atoms with Crippen molar-refractivity contribution >= 4 is 0 Å². The molecule has 1 heterocycles. The summed E-state index contributed by atoms with van der Waals surface area (Å²) in [6, 6.07) is 3.72. The van der Waals surface area contributed by atoms with E-state index < -0.39 is 17.7 Å². The van der Waals surface area contributed by atoms with E-state index in [0.717, 1.165) is 31.6 Å². The number of aliphatic hydroxyl groups excluding tert-OH is 1. The summed E-state index contributed by atoms with van der Waals surface area (Å²) in [6.45, 7) is 4.74. The van der Waals surface area contributed by atoms with Crippen molar-refractivity contribution in [2.24, 2.45) is 5.92 Å². The molecular formula is C16H24F2N2O2.